The number of nitrogens with one attached hydrogen (secondary N) is 1. The Balaban J connectivity index is 1.73. The number of anilines is 1. The van der Waals surface area contributed by atoms with Gasteiger partial charge in [0.2, 0.25) is 15.9 Å². The van der Waals surface area contributed by atoms with Gasteiger partial charge in [0.25, 0.3) is 0 Å². The summed E-state index contributed by atoms with van der Waals surface area (Å²) in [5.74, 6) is -0.160. The number of aryl methyl sites for hydroxylation is 1. The summed E-state index contributed by atoms with van der Waals surface area (Å²) in [7, 11) is -3.83. The van der Waals surface area contributed by atoms with Gasteiger partial charge < -0.3 is 5.32 Å². The van der Waals surface area contributed by atoms with Crippen molar-refractivity contribution in [3.8, 4) is 0 Å². The minimum atomic E-state index is -3.83. The summed E-state index contributed by atoms with van der Waals surface area (Å²) in [6.45, 7) is 4.62. The van der Waals surface area contributed by atoms with Crippen molar-refractivity contribution in [2.45, 2.75) is 44.2 Å². The Kier molecular flexibility index (Phi) is 5.64. The zero-order chi connectivity index (χ0) is 19.6. The fourth-order valence-electron chi connectivity index (χ4n) is 3.07. The fourth-order valence-corrected chi connectivity index (χ4v) is 3.69. The molecule has 1 aliphatic rings. The van der Waals surface area contributed by atoms with Crippen LogP contribution in [0.3, 0.4) is 0 Å². The molecule has 0 heterocycles. The monoisotopic (exact) mass is 387 g/mol. The molecule has 0 aromatic heterocycles. The van der Waals surface area contributed by atoms with Crippen LogP contribution in [0.5, 0.6) is 0 Å². The minimum absolute atomic E-state index is 0.00392. The van der Waals surface area contributed by atoms with Gasteiger partial charge in [-0.1, -0.05) is 30.3 Å². The van der Waals surface area contributed by atoms with Gasteiger partial charge >= 0.3 is 0 Å². The highest BCUT2D eigenvalue weighted by Crippen LogP contribution is 2.28. The average molecular weight is 388 g/mol. The van der Waals surface area contributed by atoms with Crippen molar-refractivity contribution in [3.05, 3.63) is 59.2 Å². The van der Waals surface area contributed by atoms with Gasteiger partial charge in [0, 0.05) is 18.3 Å². The topological polar surface area (TPSA) is 92.5 Å². The highest BCUT2D eigenvalue weighted by molar-refractivity contribution is 7.89. The van der Waals surface area contributed by atoms with Crippen LogP contribution in [0.15, 0.2) is 47.4 Å². The van der Waals surface area contributed by atoms with E-state index in [1.807, 2.05) is 25.1 Å². The van der Waals surface area contributed by atoms with Crippen LogP contribution in [0, 0.1) is 13.8 Å². The van der Waals surface area contributed by atoms with E-state index in [1.54, 1.807) is 6.92 Å². The first kappa shape index (κ1) is 19.5. The van der Waals surface area contributed by atoms with Gasteiger partial charge in [0.05, 0.1) is 11.4 Å². The minimum Gasteiger partial charge on any atom is -0.325 e. The van der Waals surface area contributed by atoms with Gasteiger partial charge in [-0.15, -0.1) is 0 Å². The second kappa shape index (κ2) is 7.80. The summed E-state index contributed by atoms with van der Waals surface area (Å²) < 4.78 is 23.3. The molecule has 7 heteroatoms. The molecule has 3 N–H and O–H groups in total. The number of benzene rings is 2. The molecule has 2 aromatic rings. The molecule has 1 fully saturated rings. The zero-order valence-electron chi connectivity index (χ0n) is 15.6. The Labute approximate surface area is 160 Å². The first-order valence-corrected chi connectivity index (χ1v) is 10.5. The van der Waals surface area contributed by atoms with Gasteiger partial charge in [-0.05, 0) is 55.5 Å². The molecule has 0 bridgehead atoms. The van der Waals surface area contributed by atoms with Crippen LogP contribution in [0.2, 0.25) is 0 Å². The van der Waals surface area contributed by atoms with Crippen LogP contribution in [0.1, 0.15) is 29.5 Å². The maximum Gasteiger partial charge on any atom is 0.238 e. The Morgan fingerprint density at radius 3 is 2.44 bits per heavy atom. The SMILES string of the molecule is Cc1cc(S(N)(=O)=O)cc(NC(=O)CN(Cc2ccccc2)C2CC2)c1C. The number of carbonyl (C=O) groups excluding carboxylic acids is 1. The number of hydrogen-bond acceptors (Lipinski definition) is 4. The van der Waals surface area contributed by atoms with Crippen LogP contribution >= 0.6 is 0 Å². The molecular formula is C20H25N3O3S. The van der Waals surface area contributed by atoms with Crippen molar-refractivity contribution in [3.63, 3.8) is 0 Å². The number of carbonyl (C=O) groups is 1. The number of nitrogens with two attached hydrogens (primary N) is 1. The van der Waals surface area contributed by atoms with Crippen LogP contribution in [-0.2, 0) is 21.4 Å². The van der Waals surface area contributed by atoms with Crippen LogP contribution < -0.4 is 10.5 Å². The third kappa shape index (κ3) is 5.15. The number of hydrogen-bond donors (Lipinski definition) is 2. The molecule has 144 valence electrons. The van der Waals surface area contributed by atoms with Crippen LogP contribution in [0.25, 0.3) is 0 Å². The molecule has 0 spiro atoms. The van der Waals surface area contributed by atoms with Gasteiger partial charge in [0.15, 0.2) is 0 Å². The lowest BCUT2D eigenvalue weighted by Gasteiger charge is -2.22. The van der Waals surface area contributed by atoms with E-state index in [0.717, 1.165) is 24.0 Å². The fraction of sp³-hybridized carbons (Fsp3) is 0.350. The third-order valence-corrected chi connectivity index (χ3v) is 5.77. The second-order valence-electron chi connectivity index (χ2n) is 7.13. The molecule has 3 rings (SSSR count). The zero-order valence-corrected chi connectivity index (χ0v) is 16.4. The van der Waals surface area contributed by atoms with Crippen molar-refractivity contribution < 1.29 is 13.2 Å². The molecule has 0 atom stereocenters. The van der Waals surface area contributed by atoms with Gasteiger partial charge in [-0.3, -0.25) is 9.69 Å². The summed E-state index contributed by atoms with van der Waals surface area (Å²) in [6, 6.07) is 13.4. The number of amides is 1. The highest BCUT2D eigenvalue weighted by atomic mass is 32.2. The Hall–Kier alpha value is -2.22. The average Bonchev–Trinajstić information content (AvgIpc) is 3.43. The lowest BCUT2D eigenvalue weighted by molar-refractivity contribution is -0.117. The lowest BCUT2D eigenvalue weighted by Crippen LogP contribution is -2.34. The van der Waals surface area contributed by atoms with Gasteiger partial charge in [-0.25, -0.2) is 13.6 Å². The number of rotatable bonds is 7. The molecule has 27 heavy (non-hydrogen) atoms. The second-order valence-corrected chi connectivity index (χ2v) is 8.69. The standard InChI is InChI=1S/C20H25N3O3S/c1-14-10-18(27(21,25)26)11-19(15(14)2)22-20(24)13-23(17-8-9-17)12-16-6-4-3-5-7-16/h3-7,10-11,17H,8-9,12-13H2,1-2H3,(H,22,24)(H2,21,25,26). The largest absolute Gasteiger partial charge is 0.325 e. The molecule has 0 unspecified atom stereocenters. The first-order chi connectivity index (χ1) is 12.7. The Morgan fingerprint density at radius 1 is 1.19 bits per heavy atom. The maximum absolute atomic E-state index is 12.6. The van der Waals surface area contributed by atoms with Gasteiger partial charge in [-0.2, -0.15) is 0 Å². The summed E-state index contributed by atoms with van der Waals surface area (Å²) in [5, 5.41) is 8.10. The lowest BCUT2D eigenvalue weighted by atomic mass is 10.1. The summed E-state index contributed by atoms with van der Waals surface area (Å²) in [4.78, 5) is 14.8. The van der Waals surface area contributed by atoms with E-state index in [9.17, 15) is 13.2 Å². The van der Waals surface area contributed by atoms with E-state index in [-0.39, 0.29) is 17.3 Å². The quantitative estimate of drug-likeness (QED) is 0.764. The summed E-state index contributed by atoms with van der Waals surface area (Å²) in [5.41, 5.74) is 3.25. The van der Waals surface area contributed by atoms with E-state index < -0.39 is 10.0 Å². The maximum atomic E-state index is 12.6. The van der Waals surface area contributed by atoms with E-state index in [2.05, 4.69) is 22.3 Å². The first-order valence-electron chi connectivity index (χ1n) is 8.96. The Bertz CT molecular complexity index is 938. The van der Waals surface area contributed by atoms with Crippen molar-refractivity contribution >= 4 is 21.6 Å². The van der Waals surface area contributed by atoms with Crippen molar-refractivity contribution in [2.75, 3.05) is 11.9 Å². The molecule has 1 aliphatic carbocycles. The Morgan fingerprint density at radius 2 is 1.85 bits per heavy atom. The summed E-state index contributed by atoms with van der Waals surface area (Å²) >= 11 is 0. The molecule has 0 radical (unpaired) electrons. The van der Waals surface area contributed by atoms with E-state index in [4.69, 9.17) is 5.14 Å². The third-order valence-electron chi connectivity index (χ3n) is 4.88. The molecular weight excluding hydrogens is 362 g/mol. The number of primary sulfonamides is 1. The van der Waals surface area contributed by atoms with Crippen LogP contribution in [-0.4, -0.2) is 31.8 Å². The highest BCUT2D eigenvalue weighted by Gasteiger charge is 2.30. The molecule has 0 aliphatic heterocycles. The van der Waals surface area contributed by atoms with E-state index >= 15 is 0 Å². The molecule has 1 saturated carbocycles. The van der Waals surface area contributed by atoms with Gasteiger partial charge in [0.1, 0.15) is 0 Å². The van der Waals surface area contributed by atoms with Crippen LogP contribution in [0.4, 0.5) is 5.69 Å². The van der Waals surface area contributed by atoms with Crippen molar-refractivity contribution in [1.82, 2.24) is 4.90 Å². The van der Waals surface area contributed by atoms with Crippen molar-refractivity contribution in [1.29, 1.82) is 0 Å². The van der Waals surface area contributed by atoms with E-state index in [0.29, 0.717) is 18.3 Å². The number of sulfonamides is 1. The molecule has 0 saturated heterocycles. The number of nitrogens with zero attached hydrogens (tertiary/aromatic N) is 1. The molecule has 6 nitrogen and oxygen atoms in total. The predicted molar refractivity (Wildman–Crippen MR) is 106 cm³/mol. The van der Waals surface area contributed by atoms with E-state index in [1.165, 1.54) is 17.7 Å². The molecule has 2 aromatic carbocycles. The predicted octanol–water partition coefficient (Wildman–Crippen LogP) is 2.55. The normalized spacial score (nSPS) is 14.4. The van der Waals surface area contributed by atoms with Crippen molar-refractivity contribution in [2.24, 2.45) is 5.14 Å². The summed E-state index contributed by atoms with van der Waals surface area (Å²) in [6.07, 6.45) is 2.19. The molecule has 1 amide bonds. The smallest absolute Gasteiger partial charge is 0.238 e.